The average Bonchev–Trinajstić information content (AvgIpc) is 3.01. The summed E-state index contributed by atoms with van der Waals surface area (Å²) in [4.78, 5) is 11.8. The maximum atomic E-state index is 11.8. The van der Waals surface area contributed by atoms with Gasteiger partial charge in [0.25, 0.3) is 0 Å². The molecule has 2 heterocycles. The molecule has 126 valence electrons. The largest absolute Gasteiger partial charge is 0.348 e. The number of carbonyl (C=O) groups is 1. The van der Waals surface area contributed by atoms with Crippen LogP contribution in [-0.2, 0) is 11.3 Å². The van der Waals surface area contributed by atoms with Gasteiger partial charge in [-0.1, -0.05) is 30.3 Å². The highest BCUT2D eigenvalue weighted by Crippen LogP contribution is 2.31. The third-order valence-electron chi connectivity index (χ3n) is 5.23. The molecule has 0 spiro atoms. The number of rotatable bonds is 5. The summed E-state index contributed by atoms with van der Waals surface area (Å²) < 4.78 is 2.11. The smallest absolute Gasteiger partial charge is 0.220 e. The topological polar surface area (TPSA) is 59.0 Å². The molecule has 1 amide bonds. The molecule has 1 aliphatic heterocycles. The van der Waals surface area contributed by atoms with E-state index in [1.54, 1.807) is 0 Å². The fourth-order valence-corrected chi connectivity index (χ4v) is 3.56. The van der Waals surface area contributed by atoms with Gasteiger partial charge in [-0.05, 0) is 31.2 Å². The van der Waals surface area contributed by atoms with Crippen LogP contribution in [0.3, 0.4) is 0 Å². The Balaban J connectivity index is 1.41. The molecule has 2 aromatic rings. The molecule has 0 bridgehead atoms. The van der Waals surface area contributed by atoms with Crippen LogP contribution in [0.5, 0.6) is 0 Å². The standard InChI is InChI=1S/C19H24N4O/c24-18-10-9-17(19(22-18)15-5-2-1-3-6-15)20-11-14-12-21-23(13-14)16-7-4-8-16/h1-3,5-6,12-13,16-17,19-20H,4,7-11H2,(H,22,24)/t17-,19+/m1/s1. The lowest BCUT2D eigenvalue weighted by atomic mass is 9.92. The molecule has 2 aliphatic rings. The van der Waals surface area contributed by atoms with Crippen LogP contribution in [0.15, 0.2) is 42.7 Å². The third-order valence-corrected chi connectivity index (χ3v) is 5.23. The summed E-state index contributed by atoms with van der Waals surface area (Å²) in [6, 6.07) is 11.1. The molecule has 1 aromatic carbocycles. The van der Waals surface area contributed by atoms with Crippen molar-refractivity contribution in [3.63, 3.8) is 0 Å². The van der Waals surface area contributed by atoms with E-state index in [-0.39, 0.29) is 18.0 Å². The van der Waals surface area contributed by atoms with Crippen molar-refractivity contribution in [2.75, 3.05) is 0 Å². The second kappa shape index (κ2) is 6.77. The summed E-state index contributed by atoms with van der Waals surface area (Å²) in [7, 11) is 0. The van der Waals surface area contributed by atoms with E-state index in [1.807, 2.05) is 24.4 Å². The zero-order valence-electron chi connectivity index (χ0n) is 13.8. The number of amides is 1. The summed E-state index contributed by atoms with van der Waals surface area (Å²) in [6.07, 6.45) is 9.39. The molecule has 1 aliphatic carbocycles. The van der Waals surface area contributed by atoms with Crippen LogP contribution in [-0.4, -0.2) is 21.7 Å². The first-order valence-corrected chi connectivity index (χ1v) is 8.90. The Bertz CT molecular complexity index is 692. The normalized spacial score (nSPS) is 24.4. The molecule has 0 radical (unpaired) electrons. The van der Waals surface area contributed by atoms with E-state index in [2.05, 4.69) is 38.7 Å². The molecule has 2 fully saturated rings. The number of hydrogen-bond donors (Lipinski definition) is 2. The van der Waals surface area contributed by atoms with Gasteiger partial charge in [0.05, 0.1) is 18.3 Å². The highest BCUT2D eigenvalue weighted by atomic mass is 16.1. The summed E-state index contributed by atoms with van der Waals surface area (Å²) >= 11 is 0. The van der Waals surface area contributed by atoms with Gasteiger partial charge in [0.2, 0.25) is 5.91 Å². The summed E-state index contributed by atoms with van der Waals surface area (Å²) in [5, 5.41) is 11.3. The minimum Gasteiger partial charge on any atom is -0.348 e. The number of aromatic nitrogens is 2. The average molecular weight is 324 g/mol. The maximum absolute atomic E-state index is 11.8. The van der Waals surface area contributed by atoms with Crippen LogP contribution in [0.2, 0.25) is 0 Å². The van der Waals surface area contributed by atoms with Crippen LogP contribution in [0, 0.1) is 0 Å². The number of carbonyl (C=O) groups excluding carboxylic acids is 1. The maximum Gasteiger partial charge on any atom is 0.220 e. The molecular formula is C19H24N4O. The minimum absolute atomic E-state index is 0.0362. The fourth-order valence-electron chi connectivity index (χ4n) is 3.56. The first-order valence-electron chi connectivity index (χ1n) is 8.90. The molecule has 24 heavy (non-hydrogen) atoms. The van der Waals surface area contributed by atoms with Gasteiger partial charge in [0.1, 0.15) is 0 Å². The van der Waals surface area contributed by atoms with E-state index < -0.39 is 0 Å². The Morgan fingerprint density at radius 3 is 2.79 bits per heavy atom. The van der Waals surface area contributed by atoms with Gasteiger partial charge in [0, 0.05) is 30.8 Å². The number of nitrogens with one attached hydrogen (secondary N) is 2. The number of piperidine rings is 1. The third kappa shape index (κ3) is 3.22. The lowest BCUT2D eigenvalue weighted by Crippen LogP contribution is -2.48. The first-order chi connectivity index (χ1) is 11.8. The van der Waals surface area contributed by atoms with Crippen molar-refractivity contribution in [2.45, 2.75) is 56.8 Å². The molecule has 0 unspecified atom stereocenters. The molecule has 2 N–H and O–H groups in total. The van der Waals surface area contributed by atoms with E-state index in [1.165, 1.54) is 24.8 Å². The van der Waals surface area contributed by atoms with E-state index in [0.717, 1.165) is 18.5 Å². The molecule has 1 saturated heterocycles. The predicted octanol–water partition coefficient (Wildman–Crippen LogP) is 2.72. The zero-order valence-corrected chi connectivity index (χ0v) is 13.8. The predicted molar refractivity (Wildman–Crippen MR) is 92.3 cm³/mol. The second-order valence-electron chi connectivity index (χ2n) is 6.90. The molecule has 4 rings (SSSR count). The van der Waals surface area contributed by atoms with E-state index in [0.29, 0.717) is 12.5 Å². The molecule has 5 nitrogen and oxygen atoms in total. The van der Waals surface area contributed by atoms with Crippen molar-refractivity contribution in [3.8, 4) is 0 Å². The Morgan fingerprint density at radius 1 is 1.21 bits per heavy atom. The van der Waals surface area contributed by atoms with Crippen LogP contribution >= 0.6 is 0 Å². The zero-order chi connectivity index (χ0) is 16.4. The van der Waals surface area contributed by atoms with Crippen molar-refractivity contribution >= 4 is 5.91 Å². The molecular weight excluding hydrogens is 300 g/mol. The van der Waals surface area contributed by atoms with Gasteiger partial charge in [-0.25, -0.2) is 0 Å². The summed E-state index contributed by atoms with van der Waals surface area (Å²) in [5.41, 5.74) is 2.37. The minimum atomic E-state index is 0.0362. The molecule has 1 saturated carbocycles. The van der Waals surface area contributed by atoms with Crippen molar-refractivity contribution in [1.29, 1.82) is 0 Å². The Morgan fingerprint density at radius 2 is 2.04 bits per heavy atom. The van der Waals surface area contributed by atoms with Crippen molar-refractivity contribution in [3.05, 3.63) is 53.9 Å². The summed E-state index contributed by atoms with van der Waals surface area (Å²) in [6.45, 7) is 0.788. The molecule has 2 atom stereocenters. The van der Waals surface area contributed by atoms with E-state index >= 15 is 0 Å². The van der Waals surface area contributed by atoms with Gasteiger partial charge in [0.15, 0.2) is 0 Å². The molecule has 5 heteroatoms. The van der Waals surface area contributed by atoms with Crippen molar-refractivity contribution < 1.29 is 4.79 Å². The van der Waals surface area contributed by atoms with Crippen LogP contribution in [0.1, 0.15) is 55.3 Å². The lowest BCUT2D eigenvalue weighted by Gasteiger charge is -2.33. The Labute approximate surface area is 142 Å². The van der Waals surface area contributed by atoms with Crippen LogP contribution < -0.4 is 10.6 Å². The quantitative estimate of drug-likeness (QED) is 0.889. The van der Waals surface area contributed by atoms with Crippen LogP contribution in [0.4, 0.5) is 0 Å². The SMILES string of the molecule is O=C1CC[C@@H](NCc2cnn(C3CCC3)c2)[C@H](c2ccccc2)N1. The van der Waals surface area contributed by atoms with Gasteiger partial charge in [-0.3, -0.25) is 9.48 Å². The molecule has 1 aromatic heterocycles. The number of benzene rings is 1. The second-order valence-corrected chi connectivity index (χ2v) is 6.90. The monoisotopic (exact) mass is 324 g/mol. The van der Waals surface area contributed by atoms with Crippen molar-refractivity contribution in [2.24, 2.45) is 0 Å². The van der Waals surface area contributed by atoms with Crippen LogP contribution in [0.25, 0.3) is 0 Å². The van der Waals surface area contributed by atoms with Crippen molar-refractivity contribution in [1.82, 2.24) is 20.4 Å². The van der Waals surface area contributed by atoms with Gasteiger partial charge < -0.3 is 10.6 Å². The van der Waals surface area contributed by atoms with E-state index in [9.17, 15) is 4.79 Å². The van der Waals surface area contributed by atoms with Gasteiger partial charge in [-0.2, -0.15) is 5.10 Å². The van der Waals surface area contributed by atoms with E-state index in [4.69, 9.17) is 0 Å². The first kappa shape index (κ1) is 15.4. The highest BCUT2D eigenvalue weighted by molar-refractivity contribution is 5.77. The van der Waals surface area contributed by atoms with Gasteiger partial charge >= 0.3 is 0 Å². The fraction of sp³-hybridized carbons (Fsp3) is 0.474. The Hall–Kier alpha value is -2.14. The lowest BCUT2D eigenvalue weighted by molar-refractivity contribution is -0.123. The number of nitrogens with zero attached hydrogens (tertiary/aromatic N) is 2. The number of hydrogen-bond acceptors (Lipinski definition) is 3. The van der Waals surface area contributed by atoms with Gasteiger partial charge in [-0.15, -0.1) is 0 Å². The highest BCUT2D eigenvalue weighted by Gasteiger charge is 2.29. The summed E-state index contributed by atoms with van der Waals surface area (Å²) in [5.74, 6) is 0.139. The Kier molecular flexibility index (Phi) is 4.34.